The summed E-state index contributed by atoms with van der Waals surface area (Å²) in [5.74, 6) is 0.840. The third kappa shape index (κ3) is 4.80. The number of guanidine groups is 1. The number of nitro groups is 1. The summed E-state index contributed by atoms with van der Waals surface area (Å²) >= 11 is 1.80. The standard InChI is InChI=1S/C18H23N5O2S/c1-19-18(20-13-15-4-2-5-16(12-15)23(24)25)22-9-7-21(8-10-22)14-17-6-3-11-26-17/h2-6,11-12H,7-10,13-14H2,1H3,(H,19,20). The number of hydrogen-bond donors (Lipinski definition) is 1. The van der Waals surface area contributed by atoms with Gasteiger partial charge in [-0.1, -0.05) is 18.2 Å². The van der Waals surface area contributed by atoms with Crippen LogP contribution in [0.1, 0.15) is 10.4 Å². The largest absolute Gasteiger partial charge is 0.352 e. The second-order valence-electron chi connectivity index (χ2n) is 6.17. The maximum absolute atomic E-state index is 10.9. The van der Waals surface area contributed by atoms with Gasteiger partial charge < -0.3 is 10.2 Å². The van der Waals surface area contributed by atoms with Crippen molar-refractivity contribution in [3.8, 4) is 0 Å². The van der Waals surface area contributed by atoms with Crippen molar-refractivity contribution < 1.29 is 4.92 Å². The molecule has 0 unspecified atom stereocenters. The Kier molecular flexibility index (Phi) is 6.19. The molecule has 1 aromatic carbocycles. The highest BCUT2D eigenvalue weighted by Gasteiger charge is 2.19. The maximum atomic E-state index is 10.9. The van der Waals surface area contributed by atoms with Gasteiger partial charge in [-0.3, -0.25) is 20.0 Å². The molecule has 1 aromatic heterocycles. The van der Waals surface area contributed by atoms with Crippen LogP contribution < -0.4 is 5.32 Å². The lowest BCUT2D eigenvalue weighted by atomic mass is 10.2. The lowest BCUT2D eigenvalue weighted by Gasteiger charge is -2.36. The molecule has 1 N–H and O–H groups in total. The number of non-ortho nitro benzene ring substituents is 1. The molecule has 0 amide bonds. The van der Waals surface area contributed by atoms with Crippen LogP contribution in [-0.4, -0.2) is 53.9 Å². The van der Waals surface area contributed by atoms with Crippen LogP contribution >= 0.6 is 11.3 Å². The van der Waals surface area contributed by atoms with Gasteiger partial charge in [0, 0.05) is 63.3 Å². The Morgan fingerprint density at radius 1 is 1.27 bits per heavy atom. The monoisotopic (exact) mass is 373 g/mol. The maximum Gasteiger partial charge on any atom is 0.269 e. The first kappa shape index (κ1) is 18.3. The predicted molar refractivity (Wildman–Crippen MR) is 104 cm³/mol. The van der Waals surface area contributed by atoms with Crippen molar-refractivity contribution in [2.24, 2.45) is 4.99 Å². The van der Waals surface area contributed by atoms with Crippen molar-refractivity contribution in [3.63, 3.8) is 0 Å². The molecule has 0 spiro atoms. The molecule has 0 radical (unpaired) electrons. The number of thiophene rings is 1. The molecule has 1 aliphatic rings. The van der Waals surface area contributed by atoms with E-state index in [0.717, 1.165) is 44.2 Å². The van der Waals surface area contributed by atoms with Gasteiger partial charge in [-0.25, -0.2) is 0 Å². The van der Waals surface area contributed by atoms with Gasteiger partial charge >= 0.3 is 0 Å². The van der Waals surface area contributed by atoms with E-state index in [2.05, 4.69) is 37.6 Å². The van der Waals surface area contributed by atoms with Gasteiger partial charge in [0.15, 0.2) is 5.96 Å². The van der Waals surface area contributed by atoms with Crippen LogP contribution in [-0.2, 0) is 13.1 Å². The molecule has 138 valence electrons. The molecular weight excluding hydrogens is 350 g/mol. The summed E-state index contributed by atoms with van der Waals surface area (Å²) in [6, 6.07) is 11.0. The molecule has 1 aliphatic heterocycles. The predicted octanol–water partition coefficient (Wildman–Crippen LogP) is 2.55. The molecule has 2 heterocycles. The Morgan fingerprint density at radius 2 is 2.08 bits per heavy atom. The Morgan fingerprint density at radius 3 is 2.73 bits per heavy atom. The Labute approximate surface area is 157 Å². The summed E-state index contributed by atoms with van der Waals surface area (Å²) in [6.45, 7) is 5.35. The topological polar surface area (TPSA) is 74.0 Å². The minimum atomic E-state index is -0.370. The number of nitro benzene ring substituents is 1. The molecule has 0 bridgehead atoms. The lowest BCUT2D eigenvalue weighted by molar-refractivity contribution is -0.384. The quantitative estimate of drug-likeness (QED) is 0.377. The molecule has 0 aliphatic carbocycles. The third-order valence-electron chi connectivity index (χ3n) is 4.42. The second kappa shape index (κ2) is 8.77. The number of nitrogens with one attached hydrogen (secondary N) is 1. The number of nitrogens with zero attached hydrogens (tertiary/aromatic N) is 4. The molecule has 0 saturated carbocycles. The fourth-order valence-electron chi connectivity index (χ4n) is 3.03. The molecule has 1 fully saturated rings. The van der Waals surface area contributed by atoms with Gasteiger partial charge in [0.1, 0.15) is 0 Å². The molecule has 2 aromatic rings. The van der Waals surface area contributed by atoms with Crippen LogP contribution in [0.15, 0.2) is 46.8 Å². The van der Waals surface area contributed by atoms with E-state index >= 15 is 0 Å². The van der Waals surface area contributed by atoms with Gasteiger partial charge in [0.25, 0.3) is 5.69 Å². The minimum Gasteiger partial charge on any atom is -0.352 e. The highest BCUT2D eigenvalue weighted by atomic mass is 32.1. The van der Waals surface area contributed by atoms with Crippen LogP contribution in [0.5, 0.6) is 0 Å². The van der Waals surface area contributed by atoms with E-state index in [1.165, 1.54) is 10.9 Å². The normalized spacial score (nSPS) is 15.9. The van der Waals surface area contributed by atoms with Crippen molar-refractivity contribution in [2.75, 3.05) is 33.2 Å². The number of benzene rings is 1. The van der Waals surface area contributed by atoms with Crippen molar-refractivity contribution in [2.45, 2.75) is 13.1 Å². The van der Waals surface area contributed by atoms with E-state index in [0.29, 0.717) is 6.54 Å². The number of rotatable bonds is 5. The molecule has 1 saturated heterocycles. The SMILES string of the molecule is CN=C(NCc1cccc([N+](=O)[O-])c1)N1CCN(Cc2cccs2)CC1. The van der Waals surface area contributed by atoms with Gasteiger partial charge in [-0.05, 0) is 17.0 Å². The smallest absolute Gasteiger partial charge is 0.269 e. The molecule has 0 atom stereocenters. The summed E-state index contributed by atoms with van der Waals surface area (Å²) in [5.41, 5.74) is 0.984. The Bertz CT molecular complexity index is 755. The summed E-state index contributed by atoms with van der Waals surface area (Å²) in [7, 11) is 1.77. The minimum absolute atomic E-state index is 0.112. The highest BCUT2D eigenvalue weighted by molar-refractivity contribution is 7.09. The van der Waals surface area contributed by atoms with Crippen molar-refractivity contribution >= 4 is 23.0 Å². The number of aliphatic imine (C=N–C) groups is 1. The van der Waals surface area contributed by atoms with Crippen LogP contribution in [0, 0.1) is 10.1 Å². The number of piperazine rings is 1. The summed E-state index contributed by atoms with van der Waals surface area (Å²) in [6.07, 6.45) is 0. The van der Waals surface area contributed by atoms with E-state index in [1.54, 1.807) is 30.5 Å². The first-order valence-corrected chi connectivity index (χ1v) is 9.47. The van der Waals surface area contributed by atoms with Crippen LogP contribution in [0.4, 0.5) is 5.69 Å². The van der Waals surface area contributed by atoms with Gasteiger partial charge in [-0.15, -0.1) is 11.3 Å². The van der Waals surface area contributed by atoms with E-state index < -0.39 is 0 Å². The van der Waals surface area contributed by atoms with E-state index in [9.17, 15) is 10.1 Å². The van der Waals surface area contributed by atoms with Crippen molar-refractivity contribution in [1.29, 1.82) is 0 Å². The zero-order valence-electron chi connectivity index (χ0n) is 14.8. The summed E-state index contributed by atoms with van der Waals surface area (Å²) in [4.78, 5) is 21.0. The Balaban J connectivity index is 1.50. The van der Waals surface area contributed by atoms with Crippen LogP contribution in [0.2, 0.25) is 0 Å². The van der Waals surface area contributed by atoms with E-state index in [4.69, 9.17) is 0 Å². The summed E-state index contributed by atoms with van der Waals surface area (Å²) < 4.78 is 0. The highest BCUT2D eigenvalue weighted by Crippen LogP contribution is 2.15. The fraction of sp³-hybridized carbons (Fsp3) is 0.389. The van der Waals surface area contributed by atoms with E-state index in [1.807, 2.05) is 6.07 Å². The second-order valence-corrected chi connectivity index (χ2v) is 7.20. The van der Waals surface area contributed by atoms with Gasteiger partial charge in [0.2, 0.25) is 0 Å². The first-order valence-electron chi connectivity index (χ1n) is 8.59. The van der Waals surface area contributed by atoms with E-state index in [-0.39, 0.29) is 10.6 Å². The molecule has 3 rings (SSSR count). The van der Waals surface area contributed by atoms with Crippen molar-refractivity contribution in [3.05, 3.63) is 62.3 Å². The molecule has 7 nitrogen and oxygen atoms in total. The first-order chi connectivity index (χ1) is 12.7. The molecule has 26 heavy (non-hydrogen) atoms. The summed E-state index contributed by atoms with van der Waals surface area (Å²) in [5, 5.41) is 16.3. The third-order valence-corrected chi connectivity index (χ3v) is 5.28. The Hall–Kier alpha value is -2.45. The van der Waals surface area contributed by atoms with Crippen LogP contribution in [0.3, 0.4) is 0 Å². The molecular formula is C18H23N5O2S. The number of hydrogen-bond acceptors (Lipinski definition) is 5. The average molecular weight is 373 g/mol. The van der Waals surface area contributed by atoms with Crippen LogP contribution in [0.25, 0.3) is 0 Å². The average Bonchev–Trinajstić information content (AvgIpc) is 3.17. The van der Waals surface area contributed by atoms with Gasteiger partial charge in [0.05, 0.1) is 4.92 Å². The zero-order valence-corrected chi connectivity index (χ0v) is 15.6. The fourth-order valence-corrected chi connectivity index (χ4v) is 3.78. The lowest BCUT2D eigenvalue weighted by Crippen LogP contribution is -2.51. The van der Waals surface area contributed by atoms with Crippen molar-refractivity contribution in [1.82, 2.24) is 15.1 Å². The zero-order chi connectivity index (χ0) is 18.4. The molecule has 8 heteroatoms. The van der Waals surface area contributed by atoms with Gasteiger partial charge in [-0.2, -0.15) is 0 Å².